The van der Waals surface area contributed by atoms with Gasteiger partial charge in [0.25, 0.3) is 10.0 Å². The summed E-state index contributed by atoms with van der Waals surface area (Å²) in [7, 11) is -4.05. The fraction of sp³-hybridized carbons (Fsp3) is 0.136. The first-order valence-corrected chi connectivity index (χ1v) is 10.9. The van der Waals surface area contributed by atoms with Gasteiger partial charge in [-0.25, -0.2) is 12.8 Å². The van der Waals surface area contributed by atoms with Crippen molar-refractivity contribution in [3.63, 3.8) is 0 Å². The molecular formula is C22H20ClFN2O3S. The maximum Gasteiger partial charge on any atom is 0.264 e. The van der Waals surface area contributed by atoms with Crippen LogP contribution in [0.1, 0.15) is 11.1 Å². The topological polar surface area (TPSA) is 66.5 Å². The number of rotatable bonds is 7. The molecule has 0 bridgehead atoms. The van der Waals surface area contributed by atoms with Crippen LogP contribution >= 0.6 is 11.6 Å². The van der Waals surface area contributed by atoms with Gasteiger partial charge in [-0.05, 0) is 55.0 Å². The minimum atomic E-state index is -4.05. The van der Waals surface area contributed by atoms with Gasteiger partial charge in [-0.1, -0.05) is 47.5 Å². The number of anilines is 1. The van der Waals surface area contributed by atoms with Crippen molar-refractivity contribution in [3.8, 4) is 0 Å². The highest BCUT2D eigenvalue weighted by Crippen LogP contribution is 2.24. The van der Waals surface area contributed by atoms with Crippen molar-refractivity contribution in [2.75, 3.05) is 10.8 Å². The zero-order valence-corrected chi connectivity index (χ0v) is 17.8. The van der Waals surface area contributed by atoms with Crippen LogP contribution in [0.3, 0.4) is 0 Å². The molecule has 156 valence electrons. The van der Waals surface area contributed by atoms with Gasteiger partial charge in [0, 0.05) is 11.6 Å². The van der Waals surface area contributed by atoms with E-state index in [0.717, 1.165) is 22.0 Å². The summed E-state index contributed by atoms with van der Waals surface area (Å²) in [6.07, 6.45) is 0. The number of carbonyl (C=O) groups excluding carboxylic acids is 1. The van der Waals surface area contributed by atoms with Gasteiger partial charge in [0.05, 0.1) is 10.6 Å². The molecule has 3 aromatic carbocycles. The van der Waals surface area contributed by atoms with Crippen molar-refractivity contribution < 1.29 is 17.6 Å². The lowest BCUT2D eigenvalue weighted by Gasteiger charge is -2.24. The smallest absolute Gasteiger partial charge is 0.264 e. The van der Waals surface area contributed by atoms with E-state index in [1.54, 1.807) is 36.4 Å². The lowest BCUT2D eigenvalue weighted by Crippen LogP contribution is -2.40. The Balaban J connectivity index is 1.86. The van der Waals surface area contributed by atoms with E-state index in [-0.39, 0.29) is 17.1 Å². The van der Waals surface area contributed by atoms with Crippen LogP contribution < -0.4 is 9.62 Å². The molecule has 0 unspecified atom stereocenters. The zero-order chi connectivity index (χ0) is 21.7. The largest absolute Gasteiger partial charge is 0.350 e. The van der Waals surface area contributed by atoms with Crippen molar-refractivity contribution in [2.24, 2.45) is 0 Å². The summed E-state index contributed by atoms with van der Waals surface area (Å²) in [5.41, 5.74) is 1.80. The summed E-state index contributed by atoms with van der Waals surface area (Å²) >= 11 is 6.10. The fourth-order valence-corrected chi connectivity index (χ4v) is 4.41. The minimum absolute atomic E-state index is 0.0383. The predicted molar refractivity (Wildman–Crippen MR) is 115 cm³/mol. The van der Waals surface area contributed by atoms with Crippen LogP contribution in [0, 0.1) is 12.7 Å². The molecule has 0 aromatic heterocycles. The molecular weight excluding hydrogens is 427 g/mol. The maximum atomic E-state index is 13.4. The molecule has 5 nitrogen and oxygen atoms in total. The Morgan fingerprint density at radius 2 is 1.63 bits per heavy atom. The average molecular weight is 447 g/mol. The third kappa shape index (κ3) is 5.17. The van der Waals surface area contributed by atoms with E-state index in [0.29, 0.717) is 10.6 Å². The number of nitrogens with zero attached hydrogens (tertiary/aromatic N) is 1. The summed E-state index contributed by atoms with van der Waals surface area (Å²) in [6, 6.07) is 18.3. The predicted octanol–water partition coefficient (Wildman–Crippen LogP) is 4.30. The van der Waals surface area contributed by atoms with E-state index in [1.807, 2.05) is 6.92 Å². The normalized spacial score (nSPS) is 11.2. The maximum absolute atomic E-state index is 13.4. The lowest BCUT2D eigenvalue weighted by atomic mass is 10.2. The molecule has 0 fully saturated rings. The van der Waals surface area contributed by atoms with Crippen LogP contribution in [-0.2, 0) is 21.4 Å². The Bertz CT molecular complexity index is 1130. The molecule has 1 amide bonds. The molecule has 0 atom stereocenters. The molecule has 0 aliphatic rings. The van der Waals surface area contributed by atoms with Crippen LogP contribution in [0.5, 0.6) is 0 Å². The quantitative estimate of drug-likeness (QED) is 0.588. The fourth-order valence-electron chi connectivity index (χ4n) is 2.78. The van der Waals surface area contributed by atoms with Gasteiger partial charge in [0.1, 0.15) is 12.4 Å². The Kier molecular flexibility index (Phi) is 6.74. The number of carbonyl (C=O) groups is 1. The number of aryl methyl sites for hydroxylation is 1. The molecule has 0 heterocycles. The summed E-state index contributed by atoms with van der Waals surface area (Å²) < 4.78 is 40.8. The molecule has 30 heavy (non-hydrogen) atoms. The van der Waals surface area contributed by atoms with Gasteiger partial charge in [0.2, 0.25) is 5.91 Å². The summed E-state index contributed by atoms with van der Waals surface area (Å²) in [6.45, 7) is 1.53. The van der Waals surface area contributed by atoms with Gasteiger partial charge < -0.3 is 5.32 Å². The highest BCUT2D eigenvalue weighted by atomic mass is 35.5. The molecule has 0 radical (unpaired) electrons. The first kappa shape index (κ1) is 21.8. The van der Waals surface area contributed by atoms with Crippen LogP contribution in [-0.4, -0.2) is 20.9 Å². The van der Waals surface area contributed by atoms with Crippen LogP contribution in [0.2, 0.25) is 5.02 Å². The third-order valence-corrected chi connectivity index (χ3v) is 6.60. The zero-order valence-electron chi connectivity index (χ0n) is 16.2. The van der Waals surface area contributed by atoms with Crippen molar-refractivity contribution in [2.45, 2.75) is 18.4 Å². The molecule has 8 heteroatoms. The van der Waals surface area contributed by atoms with Gasteiger partial charge >= 0.3 is 0 Å². The summed E-state index contributed by atoms with van der Waals surface area (Å²) in [5.74, 6) is -1.02. The summed E-state index contributed by atoms with van der Waals surface area (Å²) in [4.78, 5) is 12.6. The number of hydrogen-bond donors (Lipinski definition) is 1. The van der Waals surface area contributed by atoms with Crippen LogP contribution in [0.15, 0.2) is 77.7 Å². The first-order valence-electron chi connectivity index (χ1n) is 9.12. The van der Waals surface area contributed by atoms with Gasteiger partial charge in [-0.15, -0.1) is 0 Å². The van der Waals surface area contributed by atoms with E-state index in [1.165, 1.54) is 24.3 Å². The standard InChI is InChI=1S/C22H20ClFN2O3S/c1-16-6-12-20(13-7-16)30(28,29)26(19-10-8-18(24)9-11-19)15-22(27)25-14-17-4-2-3-5-21(17)23/h2-13H,14-15H2,1H3,(H,25,27). The highest BCUT2D eigenvalue weighted by Gasteiger charge is 2.27. The molecule has 3 aromatic rings. The average Bonchev–Trinajstić information content (AvgIpc) is 2.72. The lowest BCUT2D eigenvalue weighted by molar-refractivity contribution is -0.119. The monoisotopic (exact) mass is 446 g/mol. The Morgan fingerprint density at radius 3 is 2.27 bits per heavy atom. The van der Waals surface area contributed by atoms with E-state index in [4.69, 9.17) is 11.6 Å². The van der Waals surface area contributed by atoms with Crippen molar-refractivity contribution in [3.05, 3.63) is 94.8 Å². The Morgan fingerprint density at radius 1 is 1.00 bits per heavy atom. The number of halogens is 2. The van der Waals surface area contributed by atoms with Gasteiger partial charge in [-0.2, -0.15) is 0 Å². The Hall–Kier alpha value is -2.90. The second-order valence-corrected chi connectivity index (χ2v) is 8.94. The Labute approximate surface area is 180 Å². The number of sulfonamides is 1. The molecule has 3 rings (SSSR count). The number of hydrogen-bond acceptors (Lipinski definition) is 3. The SMILES string of the molecule is Cc1ccc(S(=O)(=O)N(CC(=O)NCc2ccccc2Cl)c2ccc(F)cc2)cc1. The molecule has 0 saturated carbocycles. The molecule has 0 aliphatic heterocycles. The first-order chi connectivity index (χ1) is 14.3. The van der Waals surface area contributed by atoms with Crippen LogP contribution in [0.4, 0.5) is 10.1 Å². The second-order valence-electron chi connectivity index (χ2n) is 6.67. The highest BCUT2D eigenvalue weighted by molar-refractivity contribution is 7.92. The van der Waals surface area contributed by atoms with E-state index >= 15 is 0 Å². The van der Waals surface area contributed by atoms with Crippen LogP contribution in [0.25, 0.3) is 0 Å². The van der Waals surface area contributed by atoms with Gasteiger partial charge in [-0.3, -0.25) is 9.10 Å². The summed E-state index contributed by atoms with van der Waals surface area (Å²) in [5, 5.41) is 3.18. The van der Waals surface area contributed by atoms with Crippen molar-refractivity contribution in [1.29, 1.82) is 0 Å². The molecule has 0 saturated heterocycles. The number of nitrogens with one attached hydrogen (secondary N) is 1. The third-order valence-electron chi connectivity index (χ3n) is 4.44. The minimum Gasteiger partial charge on any atom is -0.350 e. The second kappa shape index (κ2) is 9.28. The van der Waals surface area contributed by atoms with E-state index < -0.39 is 28.3 Å². The number of benzene rings is 3. The molecule has 0 aliphatic carbocycles. The molecule has 1 N–H and O–H groups in total. The molecule has 0 spiro atoms. The van der Waals surface area contributed by atoms with Gasteiger partial charge in [0.15, 0.2) is 0 Å². The van der Waals surface area contributed by atoms with Crippen molar-refractivity contribution >= 4 is 33.2 Å². The van der Waals surface area contributed by atoms with E-state index in [9.17, 15) is 17.6 Å². The van der Waals surface area contributed by atoms with E-state index in [2.05, 4.69) is 5.32 Å². The number of amides is 1. The van der Waals surface area contributed by atoms with Crippen molar-refractivity contribution in [1.82, 2.24) is 5.32 Å².